The van der Waals surface area contributed by atoms with E-state index in [1.54, 1.807) is 18.2 Å². The number of hydrogen-bond donors (Lipinski definition) is 1. The molecule has 0 saturated heterocycles. The minimum absolute atomic E-state index is 0.0413. The molecule has 2 aliphatic heterocycles. The molecule has 0 radical (unpaired) electrons. The highest BCUT2D eigenvalue weighted by atomic mass is 35.5. The van der Waals surface area contributed by atoms with Crippen LogP contribution in [-0.2, 0) is 40.4 Å². The maximum atomic E-state index is 13.9. The normalized spacial score (nSPS) is 15.7. The Labute approximate surface area is 233 Å². The molecule has 0 aliphatic carbocycles. The fourth-order valence-corrected chi connectivity index (χ4v) is 6.52. The van der Waals surface area contributed by atoms with Gasteiger partial charge in [-0.25, -0.2) is 12.8 Å². The van der Waals surface area contributed by atoms with Crippen molar-refractivity contribution in [2.24, 2.45) is 0 Å². The fraction of sp³-hybridized carbons (Fsp3) is 0.296. The van der Waals surface area contributed by atoms with Gasteiger partial charge in [-0.1, -0.05) is 23.7 Å². The van der Waals surface area contributed by atoms with Crippen molar-refractivity contribution in [1.82, 2.24) is 4.31 Å². The van der Waals surface area contributed by atoms with Crippen molar-refractivity contribution >= 4 is 38.9 Å². The third kappa shape index (κ3) is 5.48. The van der Waals surface area contributed by atoms with Crippen LogP contribution in [0.4, 0.5) is 28.9 Å². The molecule has 212 valence electrons. The van der Waals surface area contributed by atoms with Crippen molar-refractivity contribution in [2.45, 2.75) is 30.5 Å². The molecule has 0 spiro atoms. The number of carbonyl (C=O) groups is 1. The number of benzene rings is 3. The predicted molar refractivity (Wildman–Crippen MR) is 142 cm³/mol. The molecule has 0 bridgehead atoms. The maximum Gasteiger partial charge on any atom is 0.419 e. The second-order valence-electron chi connectivity index (χ2n) is 9.59. The molecule has 13 heteroatoms. The SMILES string of the molecule is CN1CCOc2cc(S(=O)(=O)N3CCc4c(ccc(Cl)c4NC(=O)Cc4ccc(C(F)(F)F)c(F)c4)C3)ccc21. The molecular weight excluding hydrogens is 574 g/mol. The number of likely N-dealkylation sites (N-methyl/N-ethyl adjacent to an activating group) is 1. The smallest absolute Gasteiger partial charge is 0.419 e. The van der Waals surface area contributed by atoms with Crippen molar-refractivity contribution in [1.29, 1.82) is 0 Å². The standard InChI is InChI=1S/C27H24ClF4N3O4S/c1-34-10-11-39-24-14-18(4-7-23(24)34)40(37,38)35-9-8-19-17(15-35)3-6-21(28)26(19)33-25(36)13-16-2-5-20(22(29)12-16)27(30,31)32/h2-7,12,14H,8-11,13,15H2,1H3,(H,33,36). The first kappa shape index (κ1) is 28.2. The van der Waals surface area contributed by atoms with Gasteiger partial charge in [0.15, 0.2) is 0 Å². The van der Waals surface area contributed by atoms with E-state index in [0.717, 1.165) is 11.8 Å². The van der Waals surface area contributed by atoms with Crippen LogP contribution in [0.3, 0.4) is 0 Å². The first-order chi connectivity index (χ1) is 18.8. The van der Waals surface area contributed by atoms with Crippen LogP contribution in [0.1, 0.15) is 22.3 Å². The Morgan fingerprint density at radius 1 is 1.10 bits per heavy atom. The number of halogens is 5. The highest BCUT2D eigenvalue weighted by molar-refractivity contribution is 7.89. The molecule has 5 rings (SSSR count). The zero-order chi connectivity index (χ0) is 28.8. The number of nitrogens with zero attached hydrogens (tertiary/aromatic N) is 2. The molecule has 0 saturated carbocycles. The molecule has 2 heterocycles. The van der Waals surface area contributed by atoms with Crippen LogP contribution >= 0.6 is 11.6 Å². The quantitative estimate of drug-likeness (QED) is 0.406. The van der Waals surface area contributed by atoms with E-state index in [0.29, 0.717) is 47.8 Å². The van der Waals surface area contributed by atoms with Gasteiger partial charge in [0.25, 0.3) is 0 Å². The van der Waals surface area contributed by atoms with Gasteiger partial charge in [0.2, 0.25) is 15.9 Å². The second kappa shape index (κ2) is 10.6. The summed E-state index contributed by atoms with van der Waals surface area (Å²) in [6.45, 7) is 1.32. The molecular formula is C27H24ClF4N3O4S. The van der Waals surface area contributed by atoms with Crippen molar-refractivity contribution in [3.8, 4) is 5.75 Å². The lowest BCUT2D eigenvalue weighted by atomic mass is 9.98. The summed E-state index contributed by atoms with van der Waals surface area (Å²) >= 11 is 6.36. The molecule has 40 heavy (non-hydrogen) atoms. The molecule has 0 fully saturated rings. The minimum Gasteiger partial charge on any atom is -0.490 e. The third-order valence-electron chi connectivity index (χ3n) is 6.95. The van der Waals surface area contributed by atoms with Gasteiger partial charge < -0.3 is 15.0 Å². The number of amides is 1. The Bertz CT molecular complexity index is 1600. The minimum atomic E-state index is -4.84. The maximum absolute atomic E-state index is 13.9. The summed E-state index contributed by atoms with van der Waals surface area (Å²) in [5.74, 6) is -1.58. The van der Waals surface area contributed by atoms with Crippen LogP contribution in [0.25, 0.3) is 0 Å². The summed E-state index contributed by atoms with van der Waals surface area (Å²) in [5.41, 5.74) is 1.04. The molecule has 7 nitrogen and oxygen atoms in total. The topological polar surface area (TPSA) is 79.0 Å². The molecule has 0 aromatic heterocycles. The lowest BCUT2D eigenvalue weighted by molar-refractivity contribution is -0.140. The van der Waals surface area contributed by atoms with E-state index in [1.807, 2.05) is 11.9 Å². The second-order valence-corrected chi connectivity index (χ2v) is 11.9. The van der Waals surface area contributed by atoms with Gasteiger partial charge in [-0.3, -0.25) is 4.79 Å². The highest BCUT2D eigenvalue weighted by Crippen LogP contribution is 2.37. The van der Waals surface area contributed by atoms with Gasteiger partial charge >= 0.3 is 6.18 Å². The highest BCUT2D eigenvalue weighted by Gasteiger charge is 2.34. The zero-order valence-corrected chi connectivity index (χ0v) is 22.8. The van der Waals surface area contributed by atoms with Crippen LogP contribution in [0.15, 0.2) is 53.4 Å². The van der Waals surface area contributed by atoms with Gasteiger partial charge in [0.1, 0.15) is 18.2 Å². The van der Waals surface area contributed by atoms with E-state index in [4.69, 9.17) is 16.3 Å². The number of carbonyl (C=O) groups excluding carboxylic acids is 1. The van der Waals surface area contributed by atoms with E-state index in [9.17, 15) is 30.8 Å². The molecule has 0 atom stereocenters. The lowest BCUT2D eigenvalue weighted by Crippen LogP contribution is -2.36. The molecule has 1 N–H and O–H groups in total. The van der Waals surface area contributed by atoms with Crippen LogP contribution < -0.4 is 15.0 Å². The average molecular weight is 598 g/mol. The van der Waals surface area contributed by atoms with Crippen LogP contribution in [0.2, 0.25) is 5.02 Å². The number of rotatable bonds is 5. The molecule has 0 unspecified atom stereocenters. The average Bonchev–Trinajstić information content (AvgIpc) is 2.89. The molecule has 1 amide bonds. The van der Waals surface area contributed by atoms with Gasteiger partial charge in [-0.2, -0.15) is 17.5 Å². The zero-order valence-electron chi connectivity index (χ0n) is 21.2. The summed E-state index contributed by atoms with van der Waals surface area (Å²) in [6.07, 6.45) is -4.97. The van der Waals surface area contributed by atoms with Crippen molar-refractivity contribution in [3.05, 3.63) is 81.6 Å². The van der Waals surface area contributed by atoms with E-state index >= 15 is 0 Å². The van der Waals surface area contributed by atoms with Crippen molar-refractivity contribution in [3.63, 3.8) is 0 Å². The van der Waals surface area contributed by atoms with Crippen LogP contribution in [0.5, 0.6) is 5.75 Å². The molecule has 3 aromatic carbocycles. The van der Waals surface area contributed by atoms with E-state index in [1.165, 1.54) is 16.4 Å². The van der Waals surface area contributed by atoms with Crippen LogP contribution in [-0.4, -0.2) is 45.4 Å². The number of hydrogen-bond acceptors (Lipinski definition) is 5. The monoisotopic (exact) mass is 597 g/mol. The Kier molecular flexibility index (Phi) is 7.45. The van der Waals surface area contributed by atoms with E-state index in [2.05, 4.69) is 5.32 Å². The van der Waals surface area contributed by atoms with Gasteiger partial charge in [-0.05, 0) is 53.4 Å². The number of sulfonamides is 1. The summed E-state index contributed by atoms with van der Waals surface area (Å²) in [4.78, 5) is 14.8. The Morgan fingerprint density at radius 2 is 1.88 bits per heavy atom. The van der Waals surface area contributed by atoms with E-state index in [-0.39, 0.29) is 41.4 Å². The Hall–Kier alpha value is -3.35. The van der Waals surface area contributed by atoms with Gasteiger partial charge in [0.05, 0.1) is 39.8 Å². The first-order valence-corrected chi connectivity index (χ1v) is 14.1. The van der Waals surface area contributed by atoms with E-state index < -0.39 is 33.5 Å². The summed E-state index contributed by atoms with van der Waals surface area (Å²) in [6, 6.07) is 10.3. The third-order valence-corrected chi connectivity index (χ3v) is 9.11. The van der Waals surface area contributed by atoms with Gasteiger partial charge in [0, 0.05) is 26.2 Å². The molecule has 2 aliphatic rings. The number of anilines is 2. The van der Waals surface area contributed by atoms with Gasteiger partial charge in [-0.15, -0.1) is 0 Å². The molecule has 3 aromatic rings. The largest absolute Gasteiger partial charge is 0.490 e. The number of alkyl halides is 3. The summed E-state index contributed by atoms with van der Waals surface area (Å²) in [7, 11) is -1.96. The Balaban J connectivity index is 1.33. The summed E-state index contributed by atoms with van der Waals surface area (Å²) in [5, 5.41) is 2.89. The number of ether oxygens (including phenoxy) is 1. The summed E-state index contributed by atoms with van der Waals surface area (Å²) < 4.78 is 86.4. The van der Waals surface area contributed by atoms with Crippen molar-refractivity contribution in [2.75, 3.05) is 37.0 Å². The first-order valence-electron chi connectivity index (χ1n) is 12.3. The van der Waals surface area contributed by atoms with Crippen LogP contribution in [0, 0.1) is 5.82 Å². The number of nitrogens with one attached hydrogen (secondary N) is 1. The predicted octanol–water partition coefficient (Wildman–Crippen LogP) is 5.25. The lowest BCUT2D eigenvalue weighted by Gasteiger charge is -2.31. The van der Waals surface area contributed by atoms with Crippen molar-refractivity contribution < 1.29 is 35.5 Å². The number of fused-ring (bicyclic) bond motifs is 2. The fourth-order valence-electron chi connectivity index (χ4n) is 4.86. The Morgan fingerprint density at radius 3 is 2.60 bits per heavy atom.